The highest BCUT2D eigenvalue weighted by atomic mass is 16.2. The number of hydrogen-bond acceptors (Lipinski definition) is 3. The van der Waals surface area contributed by atoms with Crippen molar-refractivity contribution in [1.29, 1.82) is 0 Å². The minimum Gasteiger partial charge on any atom is -0.319 e. The van der Waals surface area contributed by atoms with Crippen molar-refractivity contribution in [2.45, 2.75) is 19.4 Å². The van der Waals surface area contributed by atoms with Crippen LogP contribution in [0.15, 0.2) is 60.7 Å². The summed E-state index contributed by atoms with van der Waals surface area (Å²) in [5.74, 6) is -0.731. The number of likely N-dealkylation sites (N-methyl/N-ethyl adjacent to an activating group) is 1. The molecule has 1 atom stereocenters. The van der Waals surface area contributed by atoms with E-state index in [-0.39, 0.29) is 12.5 Å². The van der Waals surface area contributed by atoms with Gasteiger partial charge in [-0.1, -0.05) is 48.5 Å². The maximum atomic E-state index is 12.9. The second kappa shape index (κ2) is 7.00. The van der Waals surface area contributed by atoms with E-state index in [1.165, 1.54) is 0 Å². The van der Waals surface area contributed by atoms with E-state index in [1.807, 2.05) is 55.5 Å². The highest BCUT2D eigenvalue weighted by Gasteiger charge is 2.49. The van der Waals surface area contributed by atoms with E-state index in [2.05, 4.69) is 5.32 Å². The molecule has 0 radical (unpaired) electrons. The summed E-state index contributed by atoms with van der Waals surface area (Å²) in [5.41, 5.74) is 0.254. The molecule has 1 aliphatic rings. The van der Waals surface area contributed by atoms with E-state index in [0.29, 0.717) is 12.1 Å². The Bertz CT molecular complexity index is 823. The molecule has 0 saturated carbocycles. The Labute approximate surface area is 152 Å². The molecule has 0 spiro atoms. The monoisotopic (exact) mass is 351 g/mol. The lowest BCUT2D eigenvalue weighted by atomic mass is 9.92. The Morgan fingerprint density at radius 1 is 1.04 bits per heavy atom. The van der Waals surface area contributed by atoms with E-state index in [0.717, 1.165) is 10.6 Å². The number of nitrogens with zero attached hydrogens (tertiary/aromatic N) is 2. The van der Waals surface area contributed by atoms with Gasteiger partial charge in [0.2, 0.25) is 5.91 Å². The molecule has 26 heavy (non-hydrogen) atoms. The molecule has 134 valence electrons. The molecule has 0 aliphatic carbocycles. The molecule has 2 aromatic rings. The SMILES string of the molecule is CCN(C(=O)CN1C(=O)NC(C)(c2ccccc2)C1=O)c1ccccc1. The Morgan fingerprint density at radius 2 is 1.62 bits per heavy atom. The number of carbonyl (C=O) groups is 3. The Balaban J connectivity index is 1.81. The number of urea groups is 1. The van der Waals surface area contributed by atoms with Crippen molar-refractivity contribution in [3.05, 3.63) is 66.2 Å². The quantitative estimate of drug-likeness (QED) is 0.842. The molecule has 0 aromatic heterocycles. The van der Waals surface area contributed by atoms with Gasteiger partial charge in [-0.05, 0) is 31.5 Å². The van der Waals surface area contributed by atoms with Crippen LogP contribution in [0.1, 0.15) is 19.4 Å². The number of benzene rings is 2. The number of para-hydroxylation sites is 1. The van der Waals surface area contributed by atoms with Crippen LogP contribution in [0.25, 0.3) is 0 Å². The average Bonchev–Trinajstić information content (AvgIpc) is 2.88. The number of anilines is 1. The van der Waals surface area contributed by atoms with Crippen LogP contribution < -0.4 is 10.2 Å². The smallest absolute Gasteiger partial charge is 0.319 e. The number of rotatable bonds is 5. The van der Waals surface area contributed by atoms with Crippen molar-refractivity contribution in [2.75, 3.05) is 18.0 Å². The maximum Gasteiger partial charge on any atom is 0.325 e. The van der Waals surface area contributed by atoms with E-state index in [1.54, 1.807) is 24.0 Å². The molecule has 6 nitrogen and oxygen atoms in total. The van der Waals surface area contributed by atoms with E-state index in [4.69, 9.17) is 0 Å². The zero-order valence-electron chi connectivity index (χ0n) is 14.8. The summed E-state index contributed by atoms with van der Waals surface area (Å²) in [6.45, 7) is 3.66. The minimum absolute atomic E-state index is 0.296. The fraction of sp³-hybridized carbons (Fsp3) is 0.250. The van der Waals surface area contributed by atoms with Crippen LogP contribution in [0, 0.1) is 0 Å². The zero-order valence-corrected chi connectivity index (χ0v) is 14.8. The predicted molar refractivity (Wildman–Crippen MR) is 98.5 cm³/mol. The standard InChI is InChI=1S/C20H21N3O3/c1-3-22(16-12-8-5-9-13-16)17(24)14-23-18(25)20(2,21-19(23)26)15-10-6-4-7-11-15/h4-13H,3,14H2,1-2H3,(H,21,26). The van der Waals surface area contributed by atoms with E-state index in [9.17, 15) is 14.4 Å². The van der Waals surface area contributed by atoms with Gasteiger partial charge in [0, 0.05) is 12.2 Å². The molecule has 1 unspecified atom stereocenters. The van der Waals surface area contributed by atoms with Gasteiger partial charge in [-0.3, -0.25) is 14.5 Å². The van der Waals surface area contributed by atoms with Crippen LogP contribution in [0.3, 0.4) is 0 Å². The number of nitrogens with one attached hydrogen (secondary N) is 1. The second-order valence-corrected chi connectivity index (χ2v) is 6.29. The lowest BCUT2D eigenvalue weighted by Gasteiger charge is -2.24. The van der Waals surface area contributed by atoms with Crippen molar-refractivity contribution in [1.82, 2.24) is 10.2 Å². The Kier molecular flexibility index (Phi) is 4.75. The summed E-state index contributed by atoms with van der Waals surface area (Å²) in [6.07, 6.45) is 0. The molecule has 1 aliphatic heterocycles. The third-order valence-electron chi connectivity index (χ3n) is 4.60. The third kappa shape index (κ3) is 3.06. The first-order chi connectivity index (χ1) is 12.5. The van der Waals surface area contributed by atoms with Gasteiger partial charge in [-0.2, -0.15) is 0 Å². The molecule has 4 amide bonds. The van der Waals surface area contributed by atoms with Crippen molar-refractivity contribution in [2.24, 2.45) is 0 Å². The molecule has 6 heteroatoms. The average molecular weight is 351 g/mol. The van der Waals surface area contributed by atoms with Gasteiger partial charge < -0.3 is 10.2 Å². The first-order valence-electron chi connectivity index (χ1n) is 8.52. The van der Waals surface area contributed by atoms with Crippen LogP contribution in [0.5, 0.6) is 0 Å². The highest BCUT2D eigenvalue weighted by Crippen LogP contribution is 2.28. The molecule has 0 bridgehead atoms. The topological polar surface area (TPSA) is 69.7 Å². The Hall–Kier alpha value is -3.15. The molecule has 1 heterocycles. The highest BCUT2D eigenvalue weighted by molar-refractivity contribution is 6.10. The molecule has 1 N–H and O–H groups in total. The summed E-state index contributed by atoms with van der Waals surface area (Å²) < 4.78 is 0. The van der Waals surface area contributed by atoms with Gasteiger partial charge in [0.25, 0.3) is 5.91 Å². The minimum atomic E-state index is -1.16. The normalized spacial score (nSPS) is 19.4. The van der Waals surface area contributed by atoms with Crippen molar-refractivity contribution in [3.63, 3.8) is 0 Å². The van der Waals surface area contributed by atoms with Gasteiger partial charge in [0.05, 0.1) is 0 Å². The first kappa shape index (κ1) is 17.7. The summed E-state index contributed by atoms with van der Waals surface area (Å²) in [7, 11) is 0. The van der Waals surface area contributed by atoms with Gasteiger partial charge in [0.1, 0.15) is 12.1 Å². The van der Waals surface area contributed by atoms with Gasteiger partial charge >= 0.3 is 6.03 Å². The molecular formula is C20H21N3O3. The molecule has 1 fully saturated rings. The lowest BCUT2D eigenvalue weighted by molar-refractivity contribution is -0.134. The van der Waals surface area contributed by atoms with Crippen LogP contribution in [0.4, 0.5) is 10.5 Å². The number of imide groups is 1. The van der Waals surface area contributed by atoms with Crippen LogP contribution in [-0.4, -0.2) is 35.8 Å². The largest absolute Gasteiger partial charge is 0.325 e. The zero-order chi connectivity index (χ0) is 18.7. The van der Waals surface area contributed by atoms with Gasteiger partial charge in [-0.25, -0.2) is 4.79 Å². The van der Waals surface area contributed by atoms with Crippen molar-refractivity contribution < 1.29 is 14.4 Å². The van der Waals surface area contributed by atoms with E-state index >= 15 is 0 Å². The third-order valence-corrected chi connectivity index (χ3v) is 4.60. The maximum absolute atomic E-state index is 12.9. The van der Waals surface area contributed by atoms with Gasteiger partial charge in [-0.15, -0.1) is 0 Å². The van der Waals surface area contributed by atoms with Crippen LogP contribution >= 0.6 is 0 Å². The fourth-order valence-electron chi connectivity index (χ4n) is 3.14. The van der Waals surface area contributed by atoms with Crippen LogP contribution in [0.2, 0.25) is 0 Å². The molecule has 2 aromatic carbocycles. The van der Waals surface area contributed by atoms with Crippen molar-refractivity contribution >= 4 is 23.5 Å². The predicted octanol–water partition coefficient (Wildman–Crippen LogP) is 2.51. The van der Waals surface area contributed by atoms with E-state index < -0.39 is 17.5 Å². The van der Waals surface area contributed by atoms with Crippen molar-refractivity contribution in [3.8, 4) is 0 Å². The number of amides is 4. The number of carbonyl (C=O) groups excluding carboxylic acids is 3. The molecular weight excluding hydrogens is 330 g/mol. The molecule has 3 rings (SSSR count). The summed E-state index contributed by atoms with van der Waals surface area (Å²) in [6, 6.07) is 17.7. The summed E-state index contributed by atoms with van der Waals surface area (Å²) >= 11 is 0. The first-order valence-corrected chi connectivity index (χ1v) is 8.52. The van der Waals surface area contributed by atoms with Crippen LogP contribution in [-0.2, 0) is 15.1 Å². The fourth-order valence-corrected chi connectivity index (χ4v) is 3.14. The molecule has 1 saturated heterocycles. The summed E-state index contributed by atoms with van der Waals surface area (Å²) in [5, 5.41) is 2.72. The second-order valence-electron chi connectivity index (χ2n) is 6.29. The lowest BCUT2D eigenvalue weighted by Crippen LogP contribution is -2.44. The summed E-state index contributed by atoms with van der Waals surface area (Å²) in [4.78, 5) is 40.5. The van der Waals surface area contributed by atoms with Gasteiger partial charge in [0.15, 0.2) is 0 Å². The number of hydrogen-bond donors (Lipinski definition) is 1. The Morgan fingerprint density at radius 3 is 2.19 bits per heavy atom.